The number of piperidine rings is 1. The molecule has 0 saturated carbocycles. The van der Waals surface area contributed by atoms with E-state index in [0.29, 0.717) is 11.6 Å². The van der Waals surface area contributed by atoms with Crippen LogP contribution in [0.5, 0.6) is 0 Å². The second-order valence-corrected chi connectivity index (χ2v) is 6.63. The second kappa shape index (κ2) is 8.43. The van der Waals surface area contributed by atoms with Crippen molar-refractivity contribution in [3.63, 3.8) is 0 Å². The van der Waals surface area contributed by atoms with E-state index in [1.165, 1.54) is 29.7 Å². The summed E-state index contributed by atoms with van der Waals surface area (Å²) in [5, 5.41) is 9.13. The summed E-state index contributed by atoms with van der Waals surface area (Å²) in [5.41, 5.74) is 2.80. The number of carbonyl (C=O) groups is 1. The average molecular weight is 352 g/mol. The molecule has 1 amide bonds. The van der Waals surface area contributed by atoms with Crippen LogP contribution in [0, 0.1) is 12.8 Å². The predicted octanol–water partition coefficient (Wildman–Crippen LogP) is 3.27. The van der Waals surface area contributed by atoms with E-state index in [0.717, 1.165) is 30.2 Å². The molecule has 0 spiro atoms. The Morgan fingerprint density at radius 2 is 2.26 bits per heavy atom. The van der Waals surface area contributed by atoms with Gasteiger partial charge in [-0.05, 0) is 44.3 Å². The summed E-state index contributed by atoms with van der Waals surface area (Å²) >= 11 is 1.52. The monoisotopic (exact) mass is 351 g/mol. The van der Waals surface area contributed by atoms with Crippen LogP contribution in [0.25, 0.3) is 10.6 Å². The number of benzene rings is 1. The van der Waals surface area contributed by atoms with Crippen LogP contribution < -0.4 is 10.6 Å². The number of nitrogens with one attached hydrogen (secondary N) is 2. The molecule has 0 bridgehead atoms. The number of nitrogens with zero attached hydrogens (tertiary/aromatic N) is 1. The first-order valence-corrected chi connectivity index (χ1v) is 8.62. The highest BCUT2D eigenvalue weighted by Crippen LogP contribution is 2.26. The van der Waals surface area contributed by atoms with Crippen LogP contribution in [0.2, 0.25) is 0 Å². The molecule has 0 aliphatic carbocycles. The predicted molar refractivity (Wildman–Crippen MR) is 97.5 cm³/mol. The zero-order valence-corrected chi connectivity index (χ0v) is 14.8. The maximum Gasteiger partial charge on any atom is 0.270 e. The van der Waals surface area contributed by atoms with Crippen molar-refractivity contribution < 1.29 is 4.79 Å². The lowest BCUT2D eigenvalue weighted by molar-refractivity contribution is 0.0940. The summed E-state index contributed by atoms with van der Waals surface area (Å²) in [4.78, 5) is 16.7. The number of hydrogen-bond donors (Lipinski definition) is 2. The third kappa shape index (κ3) is 4.53. The fraction of sp³-hybridized carbons (Fsp3) is 0.412. The van der Waals surface area contributed by atoms with Gasteiger partial charge in [0.25, 0.3) is 5.91 Å². The molecule has 2 N–H and O–H groups in total. The van der Waals surface area contributed by atoms with Crippen LogP contribution in [0.4, 0.5) is 0 Å². The van der Waals surface area contributed by atoms with E-state index in [1.54, 1.807) is 0 Å². The van der Waals surface area contributed by atoms with Gasteiger partial charge in [-0.2, -0.15) is 0 Å². The maximum absolute atomic E-state index is 12.2. The largest absolute Gasteiger partial charge is 0.350 e. The lowest BCUT2D eigenvalue weighted by atomic mass is 10.00. The molecular weight excluding hydrogens is 330 g/mol. The van der Waals surface area contributed by atoms with Crippen molar-refractivity contribution in [2.45, 2.75) is 19.8 Å². The number of aryl methyl sites for hydroxylation is 1. The molecule has 2 heterocycles. The molecule has 23 heavy (non-hydrogen) atoms. The zero-order valence-electron chi connectivity index (χ0n) is 13.2. The summed E-state index contributed by atoms with van der Waals surface area (Å²) in [6, 6.07) is 8.12. The minimum Gasteiger partial charge on any atom is -0.350 e. The zero-order chi connectivity index (χ0) is 15.4. The fourth-order valence-electron chi connectivity index (χ4n) is 2.74. The van der Waals surface area contributed by atoms with Crippen molar-refractivity contribution >= 4 is 29.7 Å². The summed E-state index contributed by atoms with van der Waals surface area (Å²) in [6.45, 7) is 4.87. The third-order valence-corrected chi connectivity index (χ3v) is 4.94. The van der Waals surface area contributed by atoms with E-state index in [4.69, 9.17) is 0 Å². The molecule has 1 fully saturated rings. The van der Waals surface area contributed by atoms with Crippen LogP contribution in [0.15, 0.2) is 29.6 Å². The lowest BCUT2D eigenvalue weighted by Crippen LogP contribution is -2.38. The van der Waals surface area contributed by atoms with Gasteiger partial charge in [0, 0.05) is 17.5 Å². The standard InChI is InChI=1S/C17H21N3OS.ClH/c1-12-5-2-3-7-14(12)17-20-15(11-22-17)16(21)19-10-13-6-4-8-18-9-13;/h2-3,5,7,11,13,18H,4,6,8-10H2,1H3,(H,19,21);1H. The molecule has 1 atom stereocenters. The Bertz CT molecular complexity index is 653. The molecule has 1 saturated heterocycles. The van der Waals surface area contributed by atoms with E-state index < -0.39 is 0 Å². The number of aromatic nitrogens is 1. The van der Waals surface area contributed by atoms with Crippen LogP contribution in [-0.4, -0.2) is 30.5 Å². The summed E-state index contributed by atoms with van der Waals surface area (Å²) in [7, 11) is 0. The van der Waals surface area contributed by atoms with Crippen LogP contribution >= 0.6 is 23.7 Å². The molecule has 124 valence electrons. The van der Waals surface area contributed by atoms with Crippen molar-refractivity contribution in [3.8, 4) is 10.6 Å². The van der Waals surface area contributed by atoms with Gasteiger partial charge < -0.3 is 10.6 Å². The van der Waals surface area contributed by atoms with E-state index >= 15 is 0 Å². The number of rotatable bonds is 4. The molecule has 4 nitrogen and oxygen atoms in total. The number of carbonyl (C=O) groups excluding carboxylic acids is 1. The number of thiazole rings is 1. The Hall–Kier alpha value is -1.43. The van der Waals surface area contributed by atoms with E-state index in [2.05, 4.69) is 28.6 Å². The topological polar surface area (TPSA) is 54.0 Å². The van der Waals surface area contributed by atoms with Gasteiger partial charge in [0.1, 0.15) is 10.7 Å². The summed E-state index contributed by atoms with van der Waals surface area (Å²) in [6.07, 6.45) is 2.37. The number of hydrogen-bond acceptors (Lipinski definition) is 4. The molecule has 2 aromatic rings. The van der Waals surface area contributed by atoms with Gasteiger partial charge in [0.2, 0.25) is 0 Å². The van der Waals surface area contributed by atoms with Crippen molar-refractivity contribution in [2.75, 3.05) is 19.6 Å². The van der Waals surface area contributed by atoms with Crippen molar-refractivity contribution in [3.05, 3.63) is 40.9 Å². The minimum absolute atomic E-state index is 0. The van der Waals surface area contributed by atoms with Gasteiger partial charge in [0.05, 0.1) is 0 Å². The molecule has 1 aromatic carbocycles. The maximum atomic E-state index is 12.2. The first kappa shape index (κ1) is 17.9. The SMILES string of the molecule is Cc1ccccc1-c1nc(C(=O)NCC2CCCNC2)cs1.Cl. The molecule has 1 aliphatic heterocycles. The Balaban J connectivity index is 0.00000192. The Labute approximate surface area is 147 Å². The smallest absolute Gasteiger partial charge is 0.270 e. The lowest BCUT2D eigenvalue weighted by Gasteiger charge is -2.22. The molecule has 1 aromatic heterocycles. The average Bonchev–Trinajstić information content (AvgIpc) is 3.04. The van der Waals surface area contributed by atoms with Crippen LogP contribution in [0.1, 0.15) is 28.9 Å². The van der Waals surface area contributed by atoms with Gasteiger partial charge >= 0.3 is 0 Å². The van der Waals surface area contributed by atoms with E-state index in [1.807, 2.05) is 23.6 Å². The third-order valence-electron chi connectivity index (χ3n) is 4.06. The fourth-order valence-corrected chi connectivity index (χ4v) is 3.63. The Morgan fingerprint density at radius 1 is 1.43 bits per heavy atom. The van der Waals surface area contributed by atoms with Crippen molar-refractivity contribution in [1.82, 2.24) is 15.6 Å². The first-order chi connectivity index (χ1) is 10.7. The number of halogens is 1. The van der Waals surface area contributed by atoms with Crippen LogP contribution in [-0.2, 0) is 0 Å². The quantitative estimate of drug-likeness (QED) is 0.888. The first-order valence-electron chi connectivity index (χ1n) is 7.74. The normalized spacial score (nSPS) is 17.3. The van der Waals surface area contributed by atoms with Gasteiger partial charge in [0.15, 0.2) is 0 Å². The number of amides is 1. The van der Waals surface area contributed by atoms with Gasteiger partial charge in [-0.3, -0.25) is 4.79 Å². The molecular formula is C17H22ClN3OS. The van der Waals surface area contributed by atoms with Crippen molar-refractivity contribution in [1.29, 1.82) is 0 Å². The van der Waals surface area contributed by atoms with Gasteiger partial charge in [-0.15, -0.1) is 23.7 Å². The molecule has 6 heteroatoms. The van der Waals surface area contributed by atoms with Gasteiger partial charge in [-0.1, -0.05) is 24.3 Å². The van der Waals surface area contributed by atoms with Gasteiger partial charge in [-0.25, -0.2) is 4.98 Å². The highest BCUT2D eigenvalue weighted by molar-refractivity contribution is 7.13. The Morgan fingerprint density at radius 3 is 3.00 bits per heavy atom. The van der Waals surface area contributed by atoms with E-state index in [9.17, 15) is 4.79 Å². The summed E-state index contributed by atoms with van der Waals surface area (Å²) in [5.74, 6) is 0.467. The highest BCUT2D eigenvalue weighted by atomic mass is 35.5. The Kier molecular flexibility index (Phi) is 6.57. The van der Waals surface area contributed by atoms with Crippen LogP contribution in [0.3, 0.4) is 0 Å². The molecule has 1 unspecified atom stereocenters. The minimum atomic E-state index is -0.0679. The molecule has 1 aliphatic rings. The second-order valence-electron chi connectivity index (χ2n) is 5.78. The van der Waals surface area contributed by atoms with E-state index in [-0.39, 0.29) is 18.3 Å². The van der Waals surface area contributed by atoms with Crippen molar-refractivity contribution in [2.24, 2.45) is 5.92 Å². The molecule has 3 rings (SSSR count). The molecule has 0 radical (unpaired) electrons. The summed E-state index contributed by atoms with van der Waals surface area (Å²) < 4.78 is 0. The highest BCUT2D eigenvalue weighted by Gasteiger charge is 2.16.